The summed E-state index contributed by atoms with van der Waals surface area (Å²) in [5, 5.41) is 12.9. The van der Waals surface area contributed by atoms with Crippen LogP contribution in [0.4, 0.5) is 4.79 Å². The Hall–Kier alpha value is -4.86. The molecule has 0 aromatic heterocycles. The van der Waals surface area contributed by atoms with E-state index in [1.807, 2.05) is 84.9 Å². The Morgan fingerprint density at radius 3 is 2.02 bits per heavy atom. The smallest absolute Gasteiger partial charge is 0.317 e. The van der Waals surface area contributed by atoms with E-state index in [4.69, 9.17) is 16.9 Å². The Morgan fingerprint density at radius 1 is 0.927 bits per heavy atom. The lowest BCUT2D eigenvalue weighted by molar-refractivity contribution is -0.141. The summed E-state index contributed by atoms with van der Waals surface area (Å²) in [7, 11) is 0. The van der Waals surface area contributed by atoms with Crippen LogP contribution < -0.4 is 22.1 Å². The van der Waals surface area contributed by atoms with Crippen LogP contribution in [0.25, 0.3) is 0 Å². The van der Waals surface area contributed by atoms with Crippen molar-refractivity contribution in [2.45, 2.75) is 37.9 Å². The molecule has 7 N–H and O–H groups in total. The van der Waals surface area contributed by atoms with Crippen LogP contribution in [0, 0.1) is 5.41 Å². The van der Waals surface area contributed by atoms with Gasteiger partial charge in [-0.2, -0.15) is 0 Å². The minimum atomic E-state index is -0.876. The average molecular weight is 556 g/mol. The third kappa shape index (κ3) is 7.84. The first-order valence-electron chi connectivity index (χ1n) is 13.7. The SMILES string of the molecule is N=C(N)NCCC[C@H](C(N)=O)N(Cc1ccc(CN2CCNC2=O)cc1)C(=O)C(c1ccccc1)c1ccccc1. The monoisotopic (exact) mass is 555 g/mol. The van der Waals surface area contributed by atoms with Gasteiger partial charge in [-0.15, -0.1) is 0 Å². The van der Waals surface area contributed by atoms with Gasteiger partial charge in [0.2, 0.25) is 11.8 Å². The number of amides is 4. The van der Waals surface area contributed by atoms with Crippen LogP contribution in [0.1, 0.15) is 41.0 Å². The molecule has 1 saturated heterocycles. The quantitative estimate of drug-likeness (QED) is 0.124. The van der Waals surface area contributed by atoms with Crippen LogP contribution in [0.2, 0.25) is 0 Å². The maximum atomic E-state index is 14.5. The van der Waals surface area contributed by atoms with E-state index in [0.29, 0.717) is 39.0 Å². The third-order valence-corrected chi connectivity index (χ3v) is 7.16. The van der Waals surface area contributed by atoms with E-state index >= 15 is 0 Å². The summed E-state index contributed by atoms with van der Waals surface area (Å²) in [5.41, 5.74) is 14.8. The highest BCUT2D eigenvalue weighted by Crippen LogP contribution is 2.29. The molecule has 0 unspecified atom stereocenters. The van der Waals surface area contributed by atoms with Crippen molar-refractivity contribution in [2.24, 2.45) is 11.5 Å². The van der Waals surface area contributed by atoms with Gasteiger partial charge in [-0.05, 0) is 35.1 Å². The van der Waals surface area contributed by atoms with Gasteiger partial charge in [-0.1, -0.05) is 84.9 Å². The number of hydrogen-bond acceptors (Lipinski definition) is 4. The molecule has 3 aromatic rings. The zero-order chi connectivity index (χ0) is 29.2. The predicted molar refractivity (Wildman–Crippen MR) is 158 cm³/mol. The lowest BCUT2D eigenvalue weighted by Crippen LogP contribution is -2.49. The van der Waals surface area contributed by atoms with Crippen molar-refractivity contribution < 1.29 is 14.4 Å². The zero-order valence-corrected chi connectivity index (χ0v) is 23.0. The topological polar surface area (TPSA) is 158 Å². The van der Waals surface area contributed by atoms with E-state index in [9.17, 15) is 14.4 Å². The zero-order valence-electron chi connectivity index (χ0n) is 23.0. The summed E-state index contributed by atoms with van der Waals surface area (Å²) in [4.78, 5) is 42.6. The molecule has 10 heteroatoms. The van der Waals surface area contributed by atoms with Crippen molar-refractivity contribution in [1.29, 1.82) is 5.41 Å². The number of carbonyl (C=O) groups is 3. The number of guanidine groups is 1. The van der Waals surface area contributed by atoms with Gasteiger partial charge in [0, 0.05) is 32.7 Å². The summed E-state index contributed by atoms with van der Waals surface area (Å²) in [6.07, 6.45) is 0.787. The maximum Gasteiger partial charge on any atom is 0.317 e. The summed E-state index contributed by atoms with van der Waals surface area (Å²) >= 11 is 0. The largest absolute Gasteiger partial charge is 0.370 e. The van der Waals surface area contributed by atoms with E-state index < -0.39 is 17.9 Å². The Labute approximate surface area is 240 Å². The summed E-state index contributed by atoms with van der Waals surface area (Å²) in [6.45, 7) is 2.33. The van der Waals surface area contributed by atoms with E-state index in [1.54, 1.807) is 9.80 Å². The Kier molecular flexibility index (Phi) is 9.93. The molecule has 0 saturated carbocycles. The minimum absolute atomic E-state index is 0.0812. The molecule has 0 spiro atoms. The van der Waals surface area contributed by atoms with E-state index in [1.165, 1.54) is 0 Å². The minimum Gasteiger partial charge on any atom is -0.370 e. The Balaban J connectivity index is 1.64. The van der Waals surface area contributed by atoms with Crippen molar-refractivity contribution in [3.05, 3.63) is 107 Å². The molecule has 1 aliphatic heterocycles. The summed E-state index contributed by atoms with van der Waals surface area (Å²) in [6, 6.07) is 25.7. The van der Waals surface area contributed by atoms with Gasteiger partial charge < -0.3 is 31.9 Å². The molecule has 0 radical (unpaired) electrons. The molecule has 4 amide bonds. The van der Waals surface area contributed by atoms with Crippen LogP contribution in [0.3, 0.4) is 0 Å². The van der Waals surface area contributed by atoms with Crippen molar-refractivity contribution in [1.82, 2.24) is 20.4 Å². The molecule has 214 valence electrons. The molecule has 1 atom stereocenters. The molecule has 0 bridgehead atoms. The molecule has 1 heterocycles. The normalized spacial score (nSPS) is 13.5. The van der Waals surface area contributed by atoms with Crippen molar-refractivity contribution in [3.8, 4) is 0 Å². The van der Waals surface area contributed by atoms with Gasteiger partial charge in [0.05, 0.1) is 5.92 Å². The second-order valence-electron chi connectivity index (χ2n) is 10.1. The van der Waals surface area contributed by atoms with E-state index in [-0.39, 0.29) is 24.4 Å². The highest BCUT2D eigenvalue weighted by Gasteiger charge is 2.34. The fourth-order valence-corrected chi connectivity index (χ4v) is 5.08. The highest BCUT2D eigenvalue weighted by atomic mass is 16.2. The Morgan fingerprint density at radius 2 is 1.51 bits per heavy atom. The molecule has 0 aliphatic carbocycles. The molecule has 41 heavy (non-hydrogen) atoms. The van der Waals surface area contributed by atoms with Crippen molar-refractivity contribution >= 4 is 23.8 Å². The second kappa shape index (κ2) is 14.0. The van der Waals surface area contributed by atoms with Gasteiger partial charge in [0.15, 0.2) is 5.96 Å². The number of nitrogens with two attached hydrogens (primary N) is 2. The number of nitrogens with zero attached hydrogens (tertiary/aromatic N) is 2. The first-order chi connectivity index (χ1) is 19.8. The third-order valence-electron chi connectivity index (χ3n) is 7.16. The lowest BCUT2D eigenvalue weighted by atomic mass is 9.89. The van der Waals surface area contributed by atoms with Crippen LogP contribution in [-0.2, 0) is 22.7 Å². The molecule has 1 fully saturated rings. The molecule has 1 aliphatic rings. The van der Waals surface area contributed by atoms with E-state index in [2.05, 4.69) is 10.6 Å². The van der Waals surface area contributed by atoms with Crippen molar-refractivity contribution in [3.63, 3.8) is 0 Å². The fourth-order valence-electron chi connectivity index (χ4n) is 5.08. The van der Waals surface area contributed by atoms with Gasteiger partial charge in [0.25, 0.3) is 0 Å². The fraction of sp³-hybridized carbons (Fsp3) is 0.290. The average Bonchev–Trinajstić information content (AvgIpc) is 3.37. The number of benzene rings is 3. The molecular weight excluding hydrogens is 518 g/mol. The van der Waals surface area contributed by atoms with Gasteiger partial charge in [-0.3, -0.25) is 15.0 Å². The molecule has 3 aromatic carbocycles. The van der Waals surface area contributed by atoms with Crippen LogP contribution in [0.15, 0.2) is 84.9 Å². The molecule has 4 rings (SSSR count). The predicted octanol–water partition coefficient (Wildman–Crippen LogP) is 2.49. The first kappa shape index (κ1) is 29.1. The van der Waals surface area contributed by atoms with Crippen molar-refractivity contribution in [2.75, 3.05) is 19.6 Å². The number of nitrogens with one attached hydrogen (secondary N) is 3. The van der Waals surface area contributed by atoms with Crippen LogP contribution in [0.5, 0.6) is 0 Å². The van der Waals surface area contributed by atoms with Gasteiger partial charge in [0.1, 0.15) is 6.04 Å². The van der Waals surface area contributed by atoms with Gasteiger partial charge >= 0.3 is 6.03 Å². The standard InChI is InChI=1S/C31H37N7O3/c32-28(39)26(12-7-17-35-30(33)34)38(21-23-15-13-22(14-16-23)20-37-19-18-36-31(37)41)29(40)27(24-8-3-1-4-9-24)25-10-5-2-6-11-25/h1-6,8-11,13-16,26-27H,7,12,17-21H2,(H2,32,39)(H,36,41)(H4,33,34,35)/t26-/m1/s1. The number of primary amides is 1. The number of carbonyl (C=O) groups excluding carboxylic acids is 3. The molecular formula is C31H37N7O3. The lowest BCUT2D eigenvalue weighted by Gasteiger charge is -2.33. The number of urea groups is 1. The maximum absolute atomic E-state index is 14.5. The first-order valence-corrected chi connectivity index (χ1v) is 13.7. The van der Waals surface area contributed by atoms with Crippen LogP contribution in [-0.4, -0.2) is 59.3 Å². The summed E-state index contributed by atoms with van der Waals surface area (Å²) < 4.78 is 0. The number of hydrogen-bond donors (Lipinski definition) is 5. The molecule has 10 nitrogen and oxygen atoms in total. The number of rotatable bonds is 13. The van der Waals surface area contributed by atoms with Gasteiger partial charge in [-0.25, -0.2) is 4.79 Å². The second-order valence-corrected chi connectivity index (χ2v) is 10.1. The summed E-state index contributed by atoms with van der Waals surface area (Å²) in [5.74, 6) is -1.63. The Bertz CT molecular complexity index is 1290. The van der Waals surface area contributed by atoms with E-state index in [0.717, 1.165) is 22.3 Å². The highest BCUT2D eigenvalue weighted by molar-refractivity contribution is 5.92. The van der Waals surface area contributed by atoms with Crippen LogP contribution >= 0.6 is 0 Å².